The quantitative estimate of drug-likeness (QED) is 0.669. The second-order valence-corrected chi connectivity index (χ2v) is 6.11. The molecule has 0 saturated carbocycles. The number of nitrogens with one attached hydrogen (secondary N) is 1. The summed E-state index contributed by atoms with van der Waals surface area (Å²) >= 11 is 1.32. The maximum Gasteiger partial charge on any atom is 0.338 e. The van der Waals surface area contributed by atoms with Gasteiger partial charge in [-0.2, -0.15) is 0 Å². The molecule has 0 aliphatic carbocycles. The van der Waals surface area contributed by atoms with Crippen LogP contribution in [0.2, 0.25) is 0 Å². The van der Waals surface area contributed by atoms with Crippen LogP contribution in [0.3, 0.4) is 0 Å². The van der Waals surface area contributed by atoms with Gasteiger partial charge in [-0.1, -0.05) is 30.3 Å². The number of rotatable bonds is 5. The van der Waals surface area contributed by atoms with Gasteiger partial charge in [0.2, 0.25) is 5.91 Å². The molecule has 0 bridgehead atoms. The zero-order valence-corrected chi connectivity index (χ0v) is 14.2. The molecule has 0 heterocycles. The van der Waals surface area contributed by atoms with E-state index in [9.17, 15) is 9.59 Å². The number of aryl methyl sites for hydroxylation is 2. The van der Waals surface area contributed by atoms with Gasteiger partial charge in [0, 0.05) is 10.6 Å². The molecule has 0 aliphatic rings. The third-order valence-electron chi connectivity index (χ3n) is 3.40. The van der Waals surface area contributed by atoms with Gasteiger partial charge >= 0.3 is 5.97 Å². The molecule has 0 fully saturated rings. The van der Waals surface area contributed by atoms with Crippen LogP contribution < -0.4 is 5.32 Å². The van der Waals surface area contributed by atoms with Gasteiger partial charge in [-0.05, 0) is 37.1 Å². The van der Waals surface area contributed by atoms with Crippen molar-refractivity contribution in [2.75, 3.05) is 18.2 Å². The third-order valence-corrected chi connectivity index (χ3v) is 4.47. The Labute approximate surface area is 140 Å². The highest BCUT2D eigenvalue weighted by Crippen LogP contribution is 2.24. The first-order valence-electron chi connectivity index (χ1n) is 7.19. The smallest absolute Gasteiger partial charge is 0.338 e. The highest BCUT2D eigenvalue weighted by Gasteiger charge is 2.13. The topological polar surface area (TPSA) is 55.4 Å². The first-order chi connectivity index (χ1) is 11.0. The lowest BCUT2D eigenvalue weighted by atomic mass is 10.1. The molecule has 2 aromatic rings. The average molecular weight is 329 g/mol. The number of amides is 1. The summed E-state index contributed by atoms with van der Waals surface area (Å²) < 4.78 is 4.76. The Kier molecular flexibility index (Phi) is 5.82. The number of benzene rings is 2. The summed E-state index contributed by atoms with van der Waals surface area (Å²) in [5.74, 6) is -0.280. The molecule has 0 unspecified atom stereocenters. The van der Waals surface area contributed by atoms with E-state index in [0.29, 0.717) is 5.56 Å². The summed E-state index contributed by atoms with van der Waals surface area (Å²) in [6.45, 7) is 3.92. The number of esters is 1. The van der Waals surface area contributed by atoms with Crippen LogP contribution in [-0.4, -0.2) is 24.7 Å². The molecule has 23 heavy (non-hydrogen) atoms. The predicted octanol–water partition coefficient (Wildman–Crippen LogP) is 3.82. The summed E-state index contributed by atoms with van der Waals surface area (Å²) in [4.78, 5) is 24.6. The Morgan fingerprint density at radius 2 is 1.70 bits per heavy atom. The molecular weight excluding hydrogens is 310 g/mol. The van der Waals surface area contributed by atoms with Crippen molar-refractivity contribution in [2.45, 2.75) is 18.7 Å². The highest BCUT2D eigenvalue weighted by atomic mass is 32.2. The van der Waals surface area contributed by atoms with Crippen LogP contribution in [0.15, 0.2) is 47.4 Å². The largest absolute Gasteiger partial charge is 0.465 e. The van der Waals surface area contributed by atoms with Crippen molar-refractivity contribution in [3.05, 3.63) is 59.2 Å². The lowest BCUT2D eigenvalue weighted by Gasteiger charge is -2.12. The van der Waals surface area contributed by atoms with Crippen LogP contribution in [0.5, 0.6) is 0 Å². The molecule has 1 N–H and O–H groups in total. The van der Waals surface area contributed by atoms with Crippen LogP contribution in [0.4, 0.5) is 5.69 Å². The normalized spacial score (nSPS) is 10.2. The van der Waals surface area contributed by atoms with Crippen molar-refractivity contribution in [2.24, 2.45) is 0 Å². The second-order valence-electron chi connectivity index (χ2n) is 5.09. The minimum atomic E-state index is -0.400. The molecule has 0 spiro atoms. The monoisotopic (exact) mass is 329 g/mol. The maximum atomic E-state index is 12.2. The van der Waals surface area contributed by atoms with E-state index < -0.39 is 5.97 Å². The van der Waals surface area contributed by atoms with Crippen LogP contribution in [0.25, 0.3) is 0 Å². The van der Waals surface area contributed by atoms with Crippen molar-refractivity contribution < 1.29 is 14.3 Å². The number of thioether (sulfide) groups is 1. The minimum absolute atomic E-state index is 0.105. The first-order valence-corrected chi connectivity index (χ1v) is 8.17. The summed E-state index contributed by atoms with van der Waals surface area (Å²) in [6.07, 6.45) is 0. The van der Waals surface area contributed by atoms with E-state index in [1.807, 2.05) is 44.2 Å². The molecular formula is C18H19NO3S. The van der Waals surface area contributed by atoms with Crippen LogP contribution in [-0.2, 0) is 9.53 Å². The van der Waals surface area contributed by atoms with Gasteiger partial charge in [0.15, 0.2) is 0 Å². The minimum Gasteiger partial charge on any atom is -0.465 e. The Hall–Kier alpha value is -2.27. The average Bonchev–Trinajstić information content (AvgIpc) is 2.56. The molecule has 1 amide bonds. The molecule has 0 aromatic heterocycles. The van der Waals surface area contributed by atoms with E-state index in [1.165, 1.54) is 18.9 Å². The molecule has 0 saturated heterocycles. The molecule has 0 radical (unpaired) electrons. The third kappa shape index (κ3) is 4.36. The number of methoxy groups -OCH3 is 1. The van der Waals surface area contributed by atoms with Gasteiger partial charge in [0.1, 0.15) is 0 Å². The van der Waals surface area contributed by atoms with Gasteiger partial charge < -0.3 is 10.1 Å². The van der Waals surface area contributed by atoms with Crippen LogP contribution in [0.1, 0.15) is 21.5 Å². The SMILES string of the molecule is COC(=O)c1ccccc1SCC(=O)Nc1c(C)cccc1C. The Bertz CT molecular complexity index is 708. The van der Waals surface area contributed by atoms with Crippen LogP contribution in [0, 0.1) is 13.8 Å². The lowest BCUT2D eigenvalue weighted by molar-refractivity contribution is -0.113. The predicted molar refractivity (Wildman–Crippen MR) is 93.1 cm³/mol. The lowest BCUT2D eigenvalue weighted by Crippen LogP contribution is -2.16. The molecule has 5 heteroatoms. The molecule has 0 aliphatic heterocycles. The van der Waals surface area contributed by atoms with Gasteiger partial charge in [-0.3, -0.25) is 4.79 Å². The fourth-order valence-electron chi connectivity index (χ4n) is 2.20. The number of ether oxygens (including phenoxy) is 1. The van der Waals surface area contributed by atoms with E-state index in [4.69, 9.17) is 4.74 Å². The number of carbonyl (C=O) groups is 2. The summed E-state index contributed by atoms with van der Waals surface area (Å²) in [7, 11) is 1.34. The second kappa shape index (κ2) is 7.83. The number of para-hydroxylation sites is 1. The summed E-state index contributed by atoms with van der Waals surface area (Å²) in [5, 5.41) is 2.94. The van der Waals surface area contributed by atoms with Crippen LogP contribution >= 0.6 is 11.8 Å². The van der Waals surface area contributed by atoms with Crippen molar-refractivity contribution in [1.82, 2.24) is 0 Å². The van der Waals surface area contributed by atoms with Crippen molar-refractivity contribution >= 4 is 29.3 Å². The van der Waals surface area contributed by atoms with E-state index in [0.717, 1.165) is 21.7 Å². The molecule has 120 valence electrons. The molecule has 0 atom stereocenters. The summed E-state index contributed by atoms with van der Waals surface area (Å²) in [6, 6.07) is 13.0. The van der Waals surface area contributed by atoms with E-state index in [2.05, 4.69) is 5.32 Å². The number of anilines is 1. The fraction of sp³-hybridized carbons (Fsp3) is 0.222. The van der Waals surface area contributed by atoms with E-state index >= 15 is 0 Å². The van der Waals surface area contributed by atoms with Gasteiger partial charge in [-0.25, -0.2) is 4.79 Å². The molecule has 2 rings (SSSR count). The van der Waals surface area contributed by atoms with Crippen molar-refractivity contribution in [3.8, 4) is 0 Å². The highest BCUT2D eigenvalue weighted by molar-refractivity contribution is 8.00. The Morgan fingerprint density at radius 1 is 1.04 bits per heavy atom. The van der Waals surface area contributed by atoms with Crippen molar-refractivity contribution in [3.63, 3.8) is 0 Å². The maximum absolute atomic E-state index is 12.2. The van der Waals surface area contributed by atoms with E-state index in [1.54, 1.807) is 12.1 Å². The number of hydrogen-bond donors (Lipinski definition) is 1. The number of hydrogen-bond acceptors (Lipinski definition) is 4. The van der Waals surface area contributed by atoms with Gasteiger partial charge in [-0.15, -0.1) is 11.8 Å². The number of carbonyl (C=O) groups excluding carboxylic acids is 2. The molecule has 4 nitrogen and oxygen atoms in total. The zero-order valence-electron chi connectivity index (χ0n) is 13.4. The Morgan fingerprint density at radius 3 is 2.35 bits per heavy atom. The summed E-state index contributed by atoms with van der Waals surface area (Å²) in [5.41, 5.74) is 3.37. The zero-order chi connectivity index (χ0) is 16.8. The standard InChI is InChI=1S/C18H19NO3S/c1-12-7-6-8-13(2)17(12)19-16(20)11-23-15-10-5-4-9-14(15)18(21)22-3/h4-10H,11H2,1-3H3,(H,19,20). The van der Waals surface area contributed by atoms with Crippen molar-refractivity contribution in [1.29, 1.82) is 0 Å². The molecule has 2 aromatic carbocycles. The van der Waals surface area contributed by atoms with Gasteiger partial charge in [0.05, 0.1) is 18.4 Å². The first kappa shape index (κ1) is 17.1. The fourth-order valence-corrected chi connectivity index (χ4v) is 3.04. The van der Waals surface area contributed by atoms with E-state index in [-0.39, 0.29) is 11.7 Å². The van der Waals surface area contributed by atoms with Gasteiger partial charge in [0.25, 0.3) is 0 Å². The Balaban J connectivity index is 2.04.